The minimum atomic E-state index is -0.0624. The molecule has 2 amide bonds. The third-order valence-electron chi connectivity index (χ3n) is 6.23. The molecule has 0 radical (unpaired) electrons. The van der Waals surface area contributed by atoms with Crippen molar-refractivity contribution in [1.82, 2.24) is 10.2 Å². The number of carbonyl (C=O) groups is 2. The van der Waals surface area contributed by atoms with Crippen LogP contribution in [0.1, 0.15) is 62.2 Å². The first-order valence-electron chi connectivity index (χ1n) is 11.1. The van der Waals surface area contributed by atoms with Crippen LogP contribution in [0.4, 0.5) is 5.69 Å². The Bertz CT molecular complexity index is 680. The second kappa shape index (κ2) is 10.6. The van der Waals surface area contributed by atoms with Crippen molar-refractivity contribution in [2.75, 3.05) is 38.3 Å². The molecular weight excluding hydrogens is 366 g/mol. The van der Waals surface area contributed by atoms with Crippen molar-refractivity contribution in [2.45, 2.75) is 64.0 Å². The van der Waals surface area contributed by atoms with Crippen LogP contribution in [0.25, 0.3) is 0 Å². The van der Waals surface area contributed by atoms with Crippen LogP contribution in [0.3, 0.4) is 0 Å². The molecule has 1 aliphatic carbocycles. The molecule has 2 fully saturated rings. The Hall–Kier alpha value is -2.08. The smallest absolute Gasteiger partial charge is 0.256 e. The van der Waals surface area contributed by atoms with Crippen LogP contribution in [0, 0.1) is 0 Å². The highest BCUT2D eigenvalue weighted by Gasteiger charge is 2.28. The molecule has 0 atom stereocenters. The van der Waals surface area contributed by atoms with Gasteiger partial charge in [-0.3, -0.25) is 9.59 Å². The van der Waals surface area contributed by atoms with E-state index in [0.29, 0.717) is 6.04 Å². The molecule has 29 heavy (non-hydrogen) atoms. The van der Waals surface area contributed by atoms with Crippen LogP contribution in [-0.4, -0.2) is 62.1 Å². The number of carbonyl (C=O) groups excluding carboxylic acids is 2. The molecule has 0 unspecified atom stereocenters. The second-order valence-corrected chi connectivity index (χ2v) is 8.16. The first-order valence-corrected chi connectivity index (χ1v) is 11.1. The predicted octanol–water partition coefficient (Wildman–Crippen LogP) is 3.21. The number of amides is 2. The van der Waals surface area contributed by atoms with Crippen molar-refractivity contribution < 1.29 is 14.3 Å². The van der Waals surface area contributed by atoms with Crippen LogP contribution < -0.4 is 10.2 Å². The van der Waals surface area contributed by atoms with E-state index in [9.17, 15) is 9.59 Å². The minimum Gasteiger partial charge on any atom is -0.375 e. The number of benzene rings is 1. The molecule has 1 aromatic rings. The van der Waals surface area contributed by atoms with Gasteiger partial charge in [0.1, 0.15) is 6.61 Å². The van der Waals surface area contributed by atoms with Gasteiger partial charge in [-0.25, -0.2) is 0 Å². The topological polar surface area (TPSA) is 61.9 Å². The number of anilines is 1. The highest BCUT2D eigenvalue weighted by Crippen LogP contribution is 2.29. The third-order valence-corrected chi connectivity index (χ3v) is 6.23. The van der Waals surface area contributed by atoms with Gasteiger partial charge in [0.25, 0.3) is 5.91 Å². The van der Waals surface area contributed by atoms with E-state index in [0.717, 1.165) is 56.6 Å². The summed E-state index contributed by atoms with van der Waals surface area (Å²) in [6.45, 7) is 4.61. The lowest BCUT2D eigenvalue weighted by Crippen LogP contribution is -2.46. The van der Waals surface area contributed by atoms with Crippen molar-refractivity contribution in [3.63, 3.8) is 0 Å². The third kappa shape index (κ3) is 5.50. The maximum absolute atomic E-state index is 13.4. The van der Waals surface area contributed by atoms with Crippen molar-refractivity contribution >= 4 is 17.5 Å². The van der Waals surface area contributed by atoms with Gasteiger partial charge in [-0.05, 0) is 44.7 Å². The van der Waals surface area contributed by atoms with Crippen molar-refractivity contribution in [3.05, 3.63) is 29.8 Å². The summed E-state index contributed by atoms with van der Waals surface area (Å²) >= 11 is 0. The minimum absolute atomic E-state index is 0.0624. The van der Waals surface area contributed by atoms with Gasteiger partial charge in [-0.2, -0.15) is 0 Å². The molecule has 0 aromatic heterocycles. The van der Waals surface area contributed by atoms with Crippen LogP contribution in [0.15, 0.2) is 24.3 Å². The van der Waals surface area contributed by atoms with Crippen molar-refractivity contribution in [2.24, 2.45) is 0 Å². The molecule has 1 aliphatic heterocycles. The maximum atomic E-state index is 13.4. The van der Waals surface area contributed by atoms with Gasteiger partial charge in [-0.15, -0.1) is 0 Å². The number of para-hydroxylation sites is 1. The number of piperidine rings is 1. The summed E-state index contributed by atoms with van der Waals surface area (Å²) in [6, 6.07) is 8.54. The standard InChI is InChI=1S/C23H35N3O3/c1-3-26(19-9-5-4-6-10-19)23(28)20-11-7-8-12-21(20)25-15-13-18(14-16-25)24-22(27)17-29-2/h7-8,11-12,18-19H,3-6,9-10,13-17H2,1-2H3,(H,24,27). The molecule has 0 bridgehead atoms. The molecular formula is C23H35N3O3. The quantitative estimate of drug-likeness (QED) is 0.762. The number of ether oxygens (including phenoxy) is 1. The molecule has 6 nitrogen and oxygen atoms in total. The fraction of sp³-hybridized carbons (Fsp3) is 0.652. The first kappa shape index (κ1) is 21.6. The van der Waals surface area contributed by atoms with Gasteiger partial charge in [0.05, 0.1) is 5.56 Å². The zero-order chi connectivity index (χ0) is 20.6. The van der Waals surface area contributed by atoms with Crippen molar-refractivity contribution in [1.29, 1.82) is 0 Å². The summed E-state index contributed by atoms with van der Waals surface area (Å²) in [5.74, 6) is 0.0955. The summed E-state index contributed by atoms with van der Waals surface area (Å²) in [4.78, 5) is 29.6. The average molecular weight is 402 g/mol. The maximum Gasteiger partial charge on any atom is 0.256 e. The Morgan fingerprint density at radius 1 is 1.10 bits per heavy atom. The molecule has 6 heteroatoms. The highest BCUT2D eigenvalue weighted by molar-refractivity contribution is 6.00. The SMILES string of the molecule is CCN(C(=O)c1ccccc1N1CCC(NC(=O)COC)CC1)C1CCCCC1. The normalized spacial score (nSPS) is 18.5. The number of hydrogen-bond donors (Lipinski definition) is 1. The van der Waals surface area contributed by atoms with Gasteiger partial charge in [0, 0.05) is 44.5 Å². The van der Waals surface area contributed by atoms with E-state index in [1.165, 1.54) is 26.4 Å². The molecule has 1 saturated heterocycles. The highest BCUT2D eigenvalue weighted by atomic mass is 16.5. The Labute approximate surface area is 174 Å². The van der Waals surface area contributed by atoms with E-state index < -0.39 is 0 Å². The fourth-order valence-electron chi connectivity index (χ4n) is 4.71. The molecule has 1 aromatic carbocycles. The van der Waals surface area contributed by atoms with E-state index in [-0.39, 0.29) is 24.5 Å². The number of hydrogen-bond acceptors (Lipinski definition) is 4. The van der Waals surface area contributed by atoms with Crippen LogP contribution in [0.2, 0.25) is 0 Å². The molecule has 1 heterocycles. The molecule has 2 aliphatic rings. The summed E-state index contributed by atoms with van der Waals surface area (Å²) in [5, 5.41) is 3.03. The van der Waals surface area contributed by atoms with Gasteiger partial charge in [0.2, 0.25) is 5.91 Å². The molecule has 160 valence electrons. The fourth-order valence-corrected chi connectivity index (χ4v) is 4.71. The number of nitrogens with zero attached hydrogens (tertiary/aromatic N) is 2. The second-order valence-electron chi connectivity index (χ2n) is 8.16. The van der Waals surface area contributed by atoms with Crippen LogP contribution >= 0.6 is 0 Å². The van der Waals surface area contributed by atoms with E-state index in [1.54, 1.807) is 0 Å². The lowest BCUT2D eigenvalue weighted by Gasteiger charge is -2.37. The monoisotopic (exact) mass is 401 g/mol. The molecule has 1 N–H and O–H groups in total. The largest absolute Gasteiger partial charge is 0.375 e. The Morgan fingerprint density at radius 3 is 2.45 bits per heavy atom. The first-order chi connectivity index (χ1) is 14.1. The van der Waals surface area contributed by atoms with Gasteiger partial charge in [0.15, 0.2) is 0 Å². The molecule has 0 spiro atoms. The Balaban J connectivity index is 1.67. The lowest BCUT2D eigenvalue weighted by molar-refractivity contribution is -0.125. The number of rotatable bonds is 7. The van der Waals surface area contributed by atoms with Crippen LogP contribution in [0.5, 0.6) is 0 Å². The van der Waals surface area contributed by atoms with E-state index in [4.69, 9.17) is 4.74 Å². The van der Waals surface area contributed by atoms with E-state index in [1.807, 2.05) is 18.2 Å². The predicted molar refractivity (Wildman–Crippen MR) is 115 cm³/mol. The Kier molecular flexibility index (Phi) is 7.92. The summed E-state index contributed by atoms with van der Waals surface area (Å²) in [7, 11) is 1.53. The van der Waals surface area contributed by atoms with Gasteiger partial charge in [-0.1, -0.05) is 31.4 Å². The van der Waals surface area contributed by atoms with Gasteiger partial charge < -0.3 is 19.9 Å². The number of methoxy groups -OCH3 is 1. The van der Waals surface area contributed by atoms with Gasteiger partial charge >= 0.3 is 0 Å². The lowest BCUT2D eigenvalue weighted by atomic mass is 9.93. The summed E-state index contributed by atoms with van der Waals surface area (Å²) < 4.78 is 4.90. The summed E-state index contributed by atoms with van der Waals surface area (Å²) in [6.07, 6.45) is 7.71. The van der Waals surface area contributed by atoms with Crippen molar-refractivity contribution in [3.8, 4) is 0 Å². The van der Waals surface area contributed by atoms with E-state index in [2.05, 4.69) is 28.1 Å². The Morgan fingerprint density at radius 2 is 1.79 bits per heavy atom. The zero-order valence-electron chi connectivity index (χ0n) is 17.9. The van der Waals surface area contributed by atoms with Crippen LogP contribution in [-0.2, 0) is 9.53 Å². The molecule has 3 rings (SSSR count). The van der Waals surface area contributed by atoms with E-state index >= 15 is 0 Å². The molecule has 1 saturated carbocycles. The average Bonchev–Trinajstić information content (AvgIpc) is 2.76. The summed E-state index contributed by atoms with van der Waals surface area (Å²) in [5.41, 5.74) is 1.83. The zero-order valence-corrected chi connectivity index (χ0v) is 17.9. The number of nitrogens with one attached hydrogen (secondary N) is 1.